The summed E-state index contributed by atoms with van der Waals surface area (Å²) in [5.74, 6) is 0. The predicted octanol–water partition coefficient (Wildman–Crippen LogP) is 1.42. The number of rotatable bonds is 8. The first-order chi connectivity index (χ1) is 14.1. The molecule has 1 aliphatic heterocycles. The second kappa shape index (κ2) is 9.29. The Bertz CT molecular complexity index is 998. The van der Waals surface area contributed by atoms with Gasteiger partial charge in [-0.05, 0) is 53.0 Å². The van der Waals surface area contributed by atoms with E-state index in [4.69, 9.17) is 9.47 Å². The van der Waals surface area contributed by atoms with Gasteiger partial charge in [0.1, 0.15) is 4.83 Å². The molecule has 0 radical (unpaired) electrons. The Labute approximate surface area is 179 Å². The topological polar surface area (TPSA) is 107 Å². The van der Waals surface area contributed by atoms with E-state index < -0.39 is 12.0 Å². The number of nitrogens with zero attached hydrogens (tertiary/aromatic N) is 2. The van der Waals surface area contributed by atoms with Crippen LogP contribution in [0.3, 0.4) is 0 Å². The summed E-state index contributed by atoms with van der Waals surface area (Å²) in [6, 6.07) is 0. The summed E-state index contributed by atoms with van der Waals surface area (Å²) >= 11 is 1.42. The zero-order valence-corrected chi connectivity index (χ0v) is 19.1. The van der Waals surface area contributed by atoms with Crippen molar-refractivity contribution in [1.82, 2.24) is 20.0 Å². The number of thiophene rings is 1. The van der Waals surface area contributed by atoms with Crippen LogP contribution >= 0.6 is 11.3 Å². The number of fused-ring (bicyclic) bond motifs is 1. The van der Waals surface area contributed by atoms with Gasteiger partial charge in [0, 0.05) is 24.6 Å². The average Bonchev–Trinajstić information content (AvgIpc) is 3.26. The van der Waals surface area contributed by atoms with E-state index in [9.17, 15) is 14.7 Å². The van der Waals surface area contributed by atoms with E-state index in [1.165, 1.54) is 15.9 Å². The lowest BCUT2D eigenvalue weighted by Crippen LogP contribution is -2.45. The Kier molecular flexibility index (Phi) is 7.16. The lowest BCUT2D eigenvalue weighted by Gasteiger charge is -2.24. The van der Waals surface area contributed by atoms with E-state index in [-0.39, 0.29) is 17.4 Å². The fraction of sp³-hybridized carbons (Fsp3) is 0.700. The maximum Gasteiger partial charge on any atom is 0.332 e. The molecule has 1 saturated heterocycles. The zero-order valence-electron chi connectivity index (χ0n) is 18.3. The first kappa shape index (κ1) is 23.1. The van der Waals surface area contributed by atoms with Crippen molar-refractivity contribution in [3.8, 4) is 0 Å². The van der Waals surface area contributed by atoms with Crippen molar-refractivity contribution in [2.24, 2.45) is 0 Å². The Balaban J connectivity index is 1.90. The molecule has 3 rings (SSSR count). The highest BCUT2D eigenvalue weighted by Gasteiger charge is 2.23. The lowest BCUT2D eigenvalue weighted by molar-refractivity contribution is -0.187. The Morgan fingerprint density at radius 1 is 1.33 bits per heavy atom. The van der Waals surface area contributed by atoms with E-state index in [1.807, 2.05) is 27.7 Å². The van der Waals surface area contributed by atoms with E-state index in [1.54, 1.807) is 11.5 Å². The second-order valence-electron chi connectivity index (χ2n) is 8.49. The summed E-state index contributed by atoms with van der Waals surface area (Å²) in [6.07, 6.45) is 0.714. The van der Waals surface area contributed by atoms with Crippen molar-refractivity contribution in [3.63, 3.8) is 0 Å². The lowest BCUT2D eigenvalue weighted by atomic mass is 10.2. The maximum absolute atomic E-state index is 13.0. The van der Waals surface area contributed by atoms with E-state index >= 15 is 0 Å². The highest BCUT2D eigenvalue weighted by Crippen LogP contribution is 2.28. The third kappa shape index (κ3) is 5.01. The summed E-state index contributed by atoms with van der Waals surface area (Å²) in [5, 5.41) is 10.5. The predicted molar refractivity (Wildman–Crippen MR) is 117 cm³/mol. The Morgan fingerprint density at radius 2 is 2.07 bits per heavy atom. The molecule has 2 aromatic rings. The van der Waals surface area contributed by atoms with Crippen LogP contribution in [0.4, 0.5) is 0 Å². The summed E-state index contributed by atoms with van der Waals surface area (Å²) in [7, 11) is 0. The van der Waals surface area contributed by atoms with Gasteiger partial charge in [-0.25, -0.2) is 15.6 Å². The smallest absolute Gasteiger partial charge is 0.332 e. The van der Waals surface area contributed by atoms with Crippen LogP contribution in [0.25, 0.3) is 10.2 Å². The van der Waals surface area contributed by atoms with E-state index in [0.29, 0.717) is 36.5 Å². The van der Waals surface area contributed by atoms with Gasteiger partial charge >= 0.3 is 5.69 Å². The van der Waals surface area contributed by atoms with Crippen LogP contribution in [0.2, 0.25) is 0 Å². The van der Waals surface area contributed by atoms with Gasteiger partial charge < -0.3 is 14.6 Å². The third-order valence-electron chi connectivity index (χ3n) is 5.06. The first-order valence-electron chi connectivity index (χ1n) is 10.3. The molecule has 0 aromatic carbocycles. The average molecular weight is 441 g/mol. The van der Waals surface area contributed by atoms with Crippen molar-refractivity contribution in [3.05, 3.63) is 31.3 Å². The number of ether oxygens (including phenoxy) is 2. The molecule has 9 nitrogen and oxygen atoms in total. The quantitative estimate of drug-likeness (QED) is 0.421. The number of aromatic nitrogens is 2. The Hall–Kier alpha value is -1.56. The van der Waals surface area contributed by atoms with Gasteiger partial charge in [0.15, 0.2) is 0 Å². The molecule has 3 heterocycles. The minimum absolute atomic E-state index is 0.0101. The molecule has 10 heteroatoms. The normalized spacial score (nSPS) is 18.4. The van der Waals surface area contributed by atoms with Gasteiger partial charge in [-0.15, -0.1) is 11.3 Å². The molecule has 30 heavy (non-hydrogen) atoms. The summed E-state index contributed by atoms with van der Waals surface area (Å²) in [4.78, 5) is 27.5. The third-order valence-corrected chi connectivity index (χ3v) is 6.37. The number of hydrogen-bond donors (Lipinski definition) is 3. The molecular formula is C20H32N4O5S. The monoisotopic (exact) mass is 440 g/mol. The number of aliphatic hydroxyl groups excluding tert-OH is 1. The maximum atomic E-state index is 13.0. The molecule has 2 aromatic heterocycles. The second-order valence-corrected chi connectivity index (χ2v) is 9.57. The molecular weight excluding hydrogens is 408 g/mol. The molecule has 0 bridgehead atoms. The first-order valence-corrected chi connectivity index (χ1v) is 11.2. The van der Waals surface area contributed by atoms with Gasteiger partial charge in [-0.3, -0.25) is 13.9 Å². The fourth-order valence-corrected chi connectivity index (χ4v) is 4.86. The molecule has 2 atom stereocenters. The number of nitrogens with one attached hydrogen (secondary N) is 2. The van der Waals surface area contributed by atoms with E-state index in [0.717, 1.165) is 23.3 Å². The van der Waals surface area contributed by atoms with Gasteiger partial charge in [-0.1, -0.05) is 0 Å². The van der Waals surface area contributed by atoms with Gasteiger partial charge in [0.05, 0.1) is 23.6 Å². The summed E-state index contributed by atoms with van der Waals surface area (Å²) in [5.41, 5.74) is 5.43. The van der Waals surface area contributed by atoms with Crippen molar-refractivity contribution in [2.75, 3.05) is 6.61 Å². The fourth-order valence-electron chi connectivity index (χ4n) is 3.62. The molecule has 0 aliphatic carbocycles. The van der Waals surface area contributed by atoms with Crippen molar-refractivity contribution >= 4 is 21.6 Å². The van der Waals surface area contributed by atoms with Crippen LogP contribution in [0.5, 0.6) is 0 Å². The zero-order chi connectivity index (χ0) is 22.1. The number of hydrogen-bond acceptors (Lipinski definition) is 8. The number of aryl methyl sites for hydroxylation is 1. The van der Waals surface area contributed by atoms with Crippen molar-refractivity contribution < 1.29 is 14.6 Å². The Morgan fingerprint density at radius 3 is 2.67 bits per heavy atom. The minimum Gasteiger partial charge on any atom is -0.376 e. The molecule has 1 fully saturated rings. The van der Waals surface area contributed by atoms with Crippen LogP contribution in [0, 0.1) is 6.92 Å². The van der Waals surface area contributed by atoms with Crippen LogP contribution in [0.1, 0.15) is 51.0 Å². The van der Waals surface area contributed by atoms with Crippen molar-refractivity contribution in [2.45, 2.75) is 85.2 Å². The van der Waals surface area contributed by atoms with Crippen LogP contribution < -0.4 is 22.1 Å². The highest BCUT2D eigenvalue weighted by atomic mass is 32.1. The SMILES string of the molecule is CCn1c(=O)c2c(C)c(CNNC(O)OC(C)(C)C)sc2n(CC2CCCO2)c1=O. The van der Waals surface area contributed by atoms with Crippen LogP contribution in [0.15, 0.2) is 9.59 Å². The van der Waals surface area contributed by atoms with Crippen LogP contribution in [-0.4, -0.2) is 39.0 Å². The van der Waals surface area contributed by atoms with E-state index in [2.05, 4.69) is 10.9 Å². The van der Waals surface area contributed by atoms with Crippen LogP contribution in [-0.2, 0) is 29.1 Å². The number of hydrazine groups is 1. The highest BCUT2D eigenvalue weighted by molar-refractivity contribution is 7.18. The minimum atomic E-state index is -1.17. The molecule has 0 saturated carbocycles. The largest absolute Gasteiger partial charge is 0.376 e. The standard InChI is InChI=1S/C20H32N4O5S/c1-6-23-16(25)15-12(2)14(10-21-22-18(26)29-20(3,4)5)30-17(15)24(19(23)27)11-13-8-7-9-28-13/h13,18,21-22,26H,6-11H2,1-5H3. The summed E-state index contributed by atoms with van der Waals surface area (Å²) < 4.78 is 14.1. The molecule has 3 N–H and O–H groups in total. The van der Waals surface area contributed by atoms with Gasteiger partial charge in [-0.2, -0.15) is 0 Å². The summed E-state index contributed by atoms with van der Waals surface area (Å²) in [6.45, 7) is 11.1. The molecule has 2 unspecified atom stereocenters. The van der Waals surface area contributed by atoms with Gasteiger partial charge in [0.2, 0.25) is 6.41 Å². The molecule has 0 spiro atoms. The van der Waals surface area contributed by atoms with Gasteiger partial charge in [0.25, 0.3) is 5.56 Å². The molecule has 0 amide bonds. The number of aliphatic hydroxyl groups is 1. The molecule has 168 valence electrons. The van der Waals surface area contributed by atoms with Crippen molar-refractivity contribution in [1.29, 1.82) is 0 Å². The molecule has 1 aliphatic rings.